The Morgan fingerprint density at radius 2 is 2.00 bits per heavy atom. The molecule has 0 spiro atoms. The maximum atomic E-state index is 10.2. The summed E-state index contributed by atoms with van der Waals surface area (Å²) < 4.78 is 20.9. The van der Waals surface area contributed by atoms with E-state index in [1.54, 1.807) is 0 Å². The predicted molar refractivity (Wildman–Crippen MR) is 42.5 cm³/mol. The van der Waals surface area contributed by atoms with Crippen molar-refractivity contribution in [3.63, 3.8) is 0 Å². The first kappa shape index (κ1) is 9.65. The summed E-state index contributed by atoms with van der Waals surface area (Å²) in [5.41, 5.74) is 0.395. The van der Waals surface area contributed by atoms with E-state index in [-0.39, 0.29) is 5.41 Å². The molecule has 4 heteroatoms. The number of hydrogen-bond donors (Lipinski definition) is 2. The Kier molecular flexibility index (Phi) is 3.05. The first-order chi connectivity index (χ1) is 4.34. The van der Waals surface area contributed by atoms with Gasteiger partial charge in [0.2, 0.25) is 0 Å². The van der Waals surface area contributed by atoms with E-state index in [4.69, 9.17) is 4.55 Å². The van der Waals surface area contributed by atoms with Gasteiger partial charge in [0.05, 0.1) is 0 Å². The molecule has 0 aromatic heterocycles. The summed E-state index contributed by atoms with van der Waals surface area (Å²) in [4.78, 5) is 0. The Balaban J connectivity index is 3.99. The predicted octanol–water partition coefficient (Wildman–Crippen LogP) is 1.27. The van der Waals surface area contributed by atoms with Crippen molar-refractivity contribution < 1.29 is 8.76 Å². The molecule has 0 amide bonds. The Morgan fingerprint density at radius 1 is 1.60 bits per heavy atom. The van der Waals surface area contributed by atoms with E-state index in [1.165, 1.54) is 0 Å². The van der Waals surface area contributed by atoms with Crippen molar-refractivity contribution in [3.8, 4) is 0 Å². The lowest BCUT2D eigenvalue weighted by molar-refractivity contribution is 0.476. The van der Waals surface area contributed by atoms with Gasteiger partial charge in [0.15, 0.2) is 0 Å². The van der Waals surface area contributed by atoms with Crippen LogP contribution in [0.3, 0.4) is 0 Å². The molecule has 1 unspecified atom stereocenters. The fourth-order valence-electron chi connectivity index (χ4n) is 0.258. The average molecular weight is 163 g/mol. The van der Waals surface area contributed by atoms with Crippen LogP contribution in [0.1, 0.15) is 20.8 Å². The maximum Gasteiger partial charge on any atom is 0.258 e. The minimum absolute atomic E-state index is 0.168. The van der Waals surface area contributed by atoms with Crippen molar-refractivity contribution in [1.82, 2.24) is 4.72 Å². The van der Waals surface area contributed by atoms with Gasteiger partial charge in [-0.1, -0.05) is 27.4 Å². The molecule has 10 heavy (non-hydrogen) atoms. The van der Waals surface area contributed by atoms with Crippen LogP contribution in [0.5, 0.6) is 0 Å². The van der Waals surface area contributed by atoms with Gasteiger partial charge in [-0.15, -0.1) is 0 Å². The summed E-state index contributed by atoms with van der Waals surface area (Å²) in [6.07, 6.45) is 0. The molecule has 0 aromatic carbocycles. The van der Waals surface area contributed by atoms with Gasteiger partial charge in [-0.3, -0.25) is 9.27 Å². The highest BCUT2D eigenvalue weighted by Gasteiger charge is 2.15. The molecule has 0 aliphatic carbocycles. The van der Waals surface area contributed by atoms with E-state index in [1.807, 2.05) is 20.8 Å². The Labute approximate surface area is 63.9 Å². The Bertz CT molecular complexity index is 160. The highest BCUT2D eigenvalue weighted by Crippen LogP contribution is 2.20. The molecule has 0 aliphatic rings. The molecule has 0 saturated carbocycles. The molecule has 0 aliphatic heterocycles. The van der Waals surface area contributed by atoms with Gasteiger partial charge in [0, 0.05) is 11.1 Å². The highest BCUT2D eigenvalue weighted by atomic mass is 32.2. The minimum atomic E-state index is -1.99. The molecule has 0 rings (SSSR count). The molecule has 60 valence electrons. The van der Waals surface area contributed by atoms with Crippen LogP contribution in [-0.2, 0) is 11.3 Å². The summed E-state index contributed by atoms with van der Waals surface area (Å²) in [7, 11) is 0. The summed E-state index contributed by atoms with van der Waals surface area (Å²) in [6.45, 7) is 9.34. The van der Waals surface area contributed by atoms with Crippen LogP contribution in [0.15, 0.2) is 12.3 Å². The normalized spacial score (nSPS) is 14.4. The van der Waals surface area contributed by atoms with Crippen LogP contribution in [0, 0.1) is 5.41 Å². The lowest BCUT2D eigenvalue weighted by Gasteiger charge is -2.20. The minimum Gasteiger partial charge on any atom is -0.289 e. The second kappa shape index (κ2) is 3.16. The average Bonchev–Trinajstić information content (AvgIpc) is 1.60. The van der Waals surface area contributed by atoms with Crippen molar-refractivity contribution in [2.45, 2.75) is 20.8 Å². The number of nitrogens with one attached hydrogen (secondary N) is 1. The molecule has 0 fully saturated rings. The fourth-order valence-corrected chi connectivity index (χ4v) is 0.775. The lowest BCUT2D eigenvalue weighted by Crippen LogP contribution is -2.24. The number of rotatable bonds is 2. The Morgan fingerprint density at radius 3 is 2.10 bits per heavy atom. The molecule has 0 heterocycles. The van der Waals surface area contributed by atoms with Crippen molar-refractivity contribution >= 4 is 11.3 Å². The smallest absolute Gasteiger partial charge is 0.258 e. The quantitative estimate of drug-likeness (QED) is 0.602. The summed E-state index contributed by atoms with van der Waals surface area (Å²) in [6, 6.07) is 0. The monoisotopic (exact) mass is 163 g/mol. The molecular formula is C6H13NO2S. The highest BCUT2D eigenvalue weighted by molar-refractivity contribution is 7.77. The molecular weight excluding hydrogens is 150 g/mol. The van der Waals surface area contributed by atoms with Crippen LogP contribution < -0.4 is 4.72 Å². The van der Waals surface area contributed by atoms with Gasteiger partial charge < -0.3 is 0 Å². The lowest BCUT2D eigenvalue weighted by atomic mass is 9.94. The number of hydrogen-bond acceptors (Lipinski definition) is 1. The van der Waals surface area contributed by atoms with E-state index in [2.05, 4.69) is 11.3 Å². The van der Waals surface area contributed by atoms with Crippen LogP contribution in [0.4, 0.5) is 0 Å². The van der Waals surface area contributed by atoms with Crippen LogP contribution in [-0.4, -0.2) is 8.76 Å². The topological polar surface area (TPSA) is 49.3 Å². The second-order valence-corrected chi connectivity index (χ2v) is 3.78. The summed E-state index contributed by atoms with van der Waals surface area (Å²) in [5, 5.41) is 0. The summed E-state index contributed by atoms with van der Waals surface area (Å²) in [5.74, 6) is 0. The van der Waals surface area contributed by atoms with Gasteiger partial charge in [-0.25, -0.2) is 4.21 Å². The van der Waals surface area contributed by atoms with Crippen molar-refractivity contribution in [3.05, 3.63) is 12.3 Å². The second-order valence-electron chi connectivity index (χ2n) is 3.08. The van der Waals surface area contributed by atoms with E-state index >= 15 is 0 Å². The van der Waals surface area contributed by atoms with E-state index in [9.17, 15) is 4.21 Å². The molecule has 3 nitrogen and oxygen atoms in total. The van der Waals surface area contributed by atoms with Gasteiger partial charge in [-0.2, -0.15) is 0 Å². The zero-order valence-electron chi connectivity index (χ0n) is 6.47. The zero-order chi connectivity index (χ0) is 8.36. The maximum absolute atomic E-state index is 10.2. The standard InChI is InChI=1S/C6H13NO2S/c1-5(6(2,3)4)7-10(8)9/h7H,1H2,2-4H3,(H,8,9). The van der Waals surface area contributed by atoms with Crippen molar-refractivity contribution in [1.29, 1.82) is 0 Å². The number of allylic oxidation sites excluding steroid dienone is 1. The van der Waals surface area contributed by atoms with Crippen molar-refractivity contribution in [2.24, 2.45) is 5.41 Å². The third-order valence-electron chi connectivity index (χ3n) is 1.12. The largest absolute Gasteiger partial charge is 0.289 e. The molecule has 0 radical (unpaired) electrons. The van der Waals surface area contributed by atoms with Gasteiger partial charge in [0.25, 0.3) is 11.3 Å². The van der Waals surface area contributed by atoms with Gasteiger partial charge >= 0.3 is 0 Å². The summed E-state index contributed by atoms with van der Waals surface area (Å²) >= 11 is -1.99. The fraction of sp³-hybridized carbons (Fsp3) is 0.667. The Hall–Kier alpha value is -0.350. The van der Waals surface area contributed by atoms with E-state index < -0.39 is 11.3 Å². The molecule has 0 saturated heterocycles. The van der Waals surface area contributed by atoms with Gasteiger partial charge in [-0.05, 0) is 0 Å². The van der Waals surface area contributed by atoms with E-state index in [0.717, 1.165) is 0 Å². The molecule has 1 atom stereocenters. The van der Waals surface area contributed by atoms with E-state index in [0.29, 0.717) is 5.70 Å². The third-order valence-corrected chi connectivity index (χ3v) is 1.54. The van der Waals surface area contributed by atoms with Crippen molar-refractivity contribution in [2.75, 3.05) is 0 Å². The first-order valence-electron chi connectivity index (χ1n) is 2.91. The van der Waals surface area contributed by atoms with Gasteiger partial charge in [0.1, 0.15) is 0 Å². The third kappa shape index (κ3) is 3.63. The zero-order valence-corrected chi connectivity index (χ0v) is 7.29. The SMILES string of the molecule is C=C(NS(=O)O)C(C)(C)C. The van der Waals surface area contributed by atoms with Crippen LogP contribution in [0.2, 0.25) is 0 Å². The van der Waals surface area contributed by atoms with Crippen LogP contribution in [0.25, 0.3) is 0 Å². The molecule has 2 N–H and O–H groups in total. The molecule has 0 aromatic rings. The molecule has 0 bridgehead atoms. The van der Waals surface area contributed by atoms with Crippen LogP contribution >= 0.6 is 0 Å². The first-order valence-corrected chi connectivity index (χ1v) is 4.01.